The number of carbonyl (C=O) groups excluding carboxylic acids is 1. The Labute approximate surface area is 115 Å². The molecule has 0 aliphatic rings. The normalized spacial score (nSPS) is 9.68. The summed E-state index contributed by atoms with van der Waals surface area (Å²) in [7, 11) is 1.82. The van der Waals surface area contributed by atoms with Crippen LogP contribution < -0.4 is 0 Å². The molecular formula is C16H21NO2. The van der Waals surface area contributed by atoms with Gasteiger partial charge in [-0.05, 0) is 31.0 Å². The zero-order chi connectivity index (χ0) is 14.3. The van der Waals surface area contributed by atoms with Crippen LogP contribution in [-0.4, -0.2) is 36.1 Å². The Balaban J connectivity index is 2.95. The van der Waals surface area contributed by atoms with Crippen LogP contribution in [0.4, 0.5) is 0 Å². The number of aryl methyl sites for hydroxylation is 1. The number of hydrogen-bond donors (Lipinski definition) is 1. The van der Waals surface area contributed by atoms with Gasteiger partial charge in [-0.2, -0.15) is 0 Å². The van der Waals surface area contributed by atoms with E-state index in [-0.39, 0.29) is 12.5 Å². The summed E-state index contributed by atoms with van der Waals surface area (Å²) in [6.07, 6.45) is 2.07. The second kappa shape index (κ2) is 7.60. The zero-order valence-electron chi connectivity index (χ0n) is 11.9. The van der Waals surface area contributed by atoms with Crippen LogP contribution in [0.15, 0.2) is 18.2 Å². The number of amides is 1. The number of nitrogens with zero attached hydrogens (tertiary/aromatic N) is 1. The van der Waals surface area contributed by atoms with Gasteiger partial charge in [0.2, 0.25) is 0 Å². The molecule has 0 saturated carbocycles. The first-order chi connectivity index (χ1) is 9.10. The van der Waals surface area contributed by atoms with Crippen molar-refractivity contribution in [2.45, 2.75) is 26.7 Å². The van der Waals surface area contributed by atoms with Gasteiger partial charge in [-0.15, -0.1) is 0 Å². The summed E-state index contributed by atoms with van der Waals surface area (Å²) in [5.41, 5.74) is 2.39. The molecule has 0 saturated heterocycles. The van der Waals surface area contributed by atoms with E-state index in [1.165, 1.54) is 0 Å². The molecule has 0 aromatic heterocycles. The second-order valence-corrected chi connectivity index (χ2v) is 4.57. The molecule has 0 fully saturated rings. The molecule has 0 atom stereocenters. The molecule has 3 heteroatoms. The van der Waals surface area contributed by atoms with Gasteiger partial charge < -0.3 is 10.0 Å². The zero-order valence-corrected chi connectivity index (χ0v) is 11.9. The summed E-state index contributed by atoms with van der Waals surface area (Å²) in [5.74, 6) is 5.45. The molecule has 0 aliphatic carbocycles. The minimum atomic E-state index is -0.173. The van der Waals surface area contributed by atoms with E-state index in [0.29, 0.717) is 5.56 Å². The molecule has 1 amide bonds. The number of rotatable bonds is 4. The van der Waals surface area contributed by atoms with Crippen molar-refractivity contribution >= 4 is 5.91 Å². The van der Waals surface area contributed by atoms with Crippen LogP contribution in [0.5, 0.6) is 0 Å². The quantitative estimate of drug-likeness (QED) is 0.842. The third-order valence-electron chi connectivity index (χ3n) is 2.97. The molecular weight excluding hydrogens is 238 g/mol. The minimum Gasteiger partial charge on any atom is -0.384 e. The molecule has 0 aliphatic heterocycles. The Kier molecular flexibility index (Phi) is 6.11. The van der Waals surface area contributed by atoms with E-state index in [1.807, 2.05) is 26.1 Å². The van der Waals surface area contributed by atoms with E-state index >= 15 is 0 Å². The van der Waals surface area contributed by atoms with Gasteiger partial charge in [-0.3, -0.25) is 4.79 Å². The minimum absolute atomic E-state index is 0.0265. The number of benzene rings is 1. The third-order valence-corrected chi connectivity index (χ3v) is 2.97. The van der Waals surface area contributed by atoms with Crippen molar-refractivity contribution in [2.75, 3.05) is 20.2 Å². The standard InChI is InChI=1S/C16H21NO2/c1-4-5-10-17(3)16(19)15-12-14(7-6-11-18)9-8-13(15)2/h8-9,12,18H,4-5,10-11H2,1-3H3. The maximum Gasteiger partial charge on any atom is 0.253 e. The summed E-state index contributed by atoms with van der Waals surface area (Å²) < 4.78 is 0. The molecule has 0 heterocycles. The monoisotopic (exact) mass is 259 g/mol. The largest absolute Gasteiger partial charge is 0.384 e. The van der Waals surface area contributed by atoms with Gasteiger partial charge in [0.05, 0.1) is 0 Å². The lowest BCUT2D eigenvalue weighted by molar-refractivity contribution is 0.0792. The Morgan fingerprint density at radius 1 is 1.42 bits per heavy atom. The van der Waals surface area contributed by atoms with Crippen molar-refractivity contribution in [1.82, 2.24) is 4.90 Å². The molecule has 0 unspecified atom stereocenters. The third kappa shape index (κ3) is 4.42. The first-order valence-corrected chi connectivity index (χ1v) is 6.56. The van der Waals surface area contributed by atoms with Gasteiger partial charge in [0.15, 0.2) is 0 Å². The maximum atomic E-state index is 12.3. The van der Waals surface area contributed by atoms with Crippen LogP contribution in [0.25, 0.3) is 0 Å². The highest BCUT2D eigenvalue weighted by atomic mass is 16.2. The number of carbonyl (C=O) groups is 1. The number of hydrogen-bond acceptors (Lipinski definition) is 2. The van der Waals surface area contributed by atoms with E-state index in [2.05, 4.69) is 18.8 Å². The van der Waals surface area contributed by atoms with Crippen molar-refractivity contribution in [1.29, 1.82) is 0 Å². The van der Waals surface area contributed by atoms with Crippen LogP contribution in [0.2, 0.25) is 0 Å². The fraction of sp³-hybridized carbons (Fsp3) is 0.438. The molecule has 3 nitrogen and oxygen atoms in total. The van der Waals surface area contributed by atoms with Crippen LogP contribution in [0.3, 0.4) is 0 Å². The molecule has 1 aromatic rings. The average molecular weight is 259 g/mol. The molecule has 0 spiro atoms. The molecule has 0 bridgehead atoms. The lowest BCUT2D eigenvalue weighted by Crippen LogP contribution is -2.28. The first kappa shape index (κ1) is 15.3. The Morgan fingerprint density at radius 3 is 2.79 bits per heavy atom. The average Bonchev–Trinajstić information content (AvgIpc) is 2.43. The summed E-state index contributed by atoms with van der Waals surface area (Å²) in [4.78, 5) is 14.1. The molecule has 0 radical (unpaired) electrons. The van der Waals surface area contributed by atoms with Crippen LogP contribution in [-0.2, 0) is 0 Å². The highest BCUT2D eigenvalue weighted by molar-refractivity contribution is 5.95. The highest BCUT2D eigenvalue weighted by Crippen LogP contribution is 2.13. The highest BCUT2D eigenvalue weighted by Gasteiger charge is 2.13. The maximum absolute atomic E-state index is 12.3. The topological polar surface area (TPSA) is 40.5 Å². The van der Waals surface area contributed by atoms with Crippen molar-refractivity contribution in [3.63, 3.8) is 0 Å². The molecule has 1 aromatic carbocycles. The smallest absolute Gasteiger partial charge is 0.253 e. The van der Waals surface area contributed by atoms with Crippen molar-refractivity contribution in [3.05, 3.63) is 34.9 Å². The second-order valence-electron chi connectivity index (χ2n) is 4.57. The number of aliphatic hydroxyl groups is 1. The fourth-order valence-electron chi connectivity index (χ4n) is 1.77. The lowest BCUT2D eigenvalue weighted by atomic mass is 10.0. The summed E-state index contributed by atoms with van der Waals surface area (Å²) in [6.45, 7) is 4.62. The fourth-order valence-corrected chi connectivity index (χ4v) is 1.77. The van der Waals surface area contributed by atoms with Crippen LogP contribution in [0, 0.1) is 18.8 Å². The van der Waals surface area contributed by atoms with Gasteiger partial charge in [-0.1, -0.05) is 31.3 Å². The van der Waals surface area contributed by atoms with Gasteiger partial charge in [0, 0.05) is 24.7 Å². The van der Waals surface area contributed by atoms with Gasteiger partial charge in [0.25, 0.3) is 5.91 Å². The van der Waals surface area contributed by atoms with E-state index < -0.39 is 0 Å². The summed E-state index contributed by atoms with van der Waals surface area (Å²) in [6, 6.07) is 5.55. The van der Waals surface area contributed by atoms with Gasteiger partial charge >= 0.3 is 0 Å². The van der Waals surface area contributed by atoms with Crippen molar-refractivity contribution in [2.24, 2.45) is 0 Å². The van der Waals surface area contributed by atoms with E-state index in [4.69, 9.17) is 5.11 Å². The first-order valence-electron chi connectivity index (χ1n) is 6.56. The van der Waals surface area contributed by atoms with Crippen molar-refractivity contribution in [3.8, 4) is 11.8 Å². The van der Waals surface area contributed by atoms with E-state index in [0.717, 1.165) is 30.5 Å². The Hall–Kier alpha value is -1.79. The van der Waals surface area contributed by atoms with Crippen molar-refractivity contribution < 1.29 is 9.90 Å². The number of unbranched alkanes of at least 4 members (excludes halogenated alkanes) is 1. The van der Waals surface area contributed by atoms with Gasteiger partial charge in [0.1, 0.15) is 6.61 Å². The molecule has 1 rings (SSSR count). The molecule has 102 valence electrons. The predicted molar refractivity (Wildman–Crippen MR) is 77.0 cm³/mol. The molecule has 19 heavy (non-hydrogen) atoms. The SMILES string of the molecule is CCCCN(C)C(=O)c1cc(C#CCO)ccc1C. The summed E-state index contributed by atoms with van der Waals surface area (Å²) >= 11 is 0. The lowest BCUT2D eigenvalue weighted by Gasteiger charge is -2.18. The predicted octanol–water partition coefficient (Wildman–Crippen LogP) is 2.21. The van der Waals surface area contributed by atoms with E-state index in [9.17, 15) is 4.79 Å². The van der Waals surface area contributed by atoms with Crippen LogP contribution >= 0.6 is 0 Å². The summed E-state index contributed by atoms with van der Waals surface area (Å²) in [5, 5.41) is 8.70. The van der Waals surface area contributed by atoms with E-state index in [1.54, 1.807) is 11.0 Å². The Morgan fingerprint density at radius 2 is 2.16 bits per heavy atom. The molecule has 1 N–H and O–H groups in total. The Bertz CT molecular complexity index is 497. The van der Waals surface area contributed by atoms with Gasteiger partial charge in [-0.25, -0.2) is 0 Å². The number of aliphatic hydroxyl groups excluding tert-OH is 1. The van der Waals surface area contributed by atoms with Crippen LogP contribution in [0.1, 0.15) is 41.3 Å².